The van der Waals surface area contributed by atoms with E-state index in [1.807, 2.05) is 0 Å². The molecule has 1 aliphatic heterocycles. The van der Waals surface area contributed by atoms with Gasteiger partial charge in [0.1, 0.15) is 7.59 Å². The maximum Gasteiger partial charge on any atom is 0.273 e. The van der Waals surface area contributed by atoms with Gasteiger partial charge in [-0.2, -0.15) is 0 Å². The first-order valence-corrected chi connectivity index (χ1v) is 30.1. The Hall–Kier alpha value is 1.22. The lowest BCUT2D eigenvalue weighted by molar-refractivity contribution is 0.422. The molecule has 1 aliphatic rings. The van der Waals surface area contributed by atoms with Crippen molar-refractivity contribution in [3.63, 3.8) is 0 Å². The van der Waals surface area contributed by atoms with Gasteiger partial charge in [0.05, 0.1) is 7.11 Å². The molecule has 1 atom stereocenters. The molecule has 23 heavy (non-hydrogen) atoms. The molecule has 0 N–H and O–H groups in total. The third kappa shape index (κ3) is 3.99. The van der Waals surface area contributed by atoms with Crippen molar-refractivity contribution < 1.29 is 8.23 Å². The highest BCUT2D eigenvalue weighted by Gasteiger charge is 2.74. The second kappa shape index (κ2) is 6.14. The third-order valence-electron chi connectivity index (χ3n) is 6.31. The third-order valence-corrected chi connectivity index (χ3v) is 73.6. The highest BCUT2D eigenvalue weighted by atomic mass is 29.8. The summed E-state index contributed by atoms with van der Waals surface area (Å²) in [5, 5.41) is 0. The average Bonchev–Trinajstić information content (AvgIpc) is 2.20. The van der Waals surface area contributed by atoms with Crippen LogP contribution < -0.4 is 0 Å². The van der Waals surface area contributed by atoms with Crippen molar-refractivity contribution in [2.45, 2.75) is 97.1 Å². The normalized spacial score (nSPS) is 29.3. The maximum atomic E-state index is 7.33. The number of hydrogen-bond donors (Lipinski definition) is 0. The molecule has 1 unspecified atom stereocenters. The minimum atomic E-state index is -2.14. The Morgan fingerprint density at radius 1 is 0.739 bits per heavy atom. The fourth-order valence-corrected chi connectivity index (χ4v) is 105. The van der Waals surface area contributed by atoms with Gasteiger partial charge in [0.15, 0.2) is 16.6 Å². The van der Waals surface area contributed by atoms with Crippen LogP contribution in [0.2, 0.25) is 90.1 Å². The number of rotatable bonds is 4. The summed E-state index contributed by atoms with van der Waals surface area (Å²) in [6.07, 6.45) is 0. The van der Waals surface area contributed by atoms with Crippen molar-refractivity contribution >= 4 is 46.5 Å². The minimum absolute atomic E-state index is 0.851. The summed E-state index contributed by atoms with van der Waals surface area (Å²) in [5.41, 5.74) is 0.851. The monoisotopic (exact) mass is 422 g/mol. The molecule has 0 saturated carbocycles. The molecule has 0 amide bonds. The van der Waals surface area contributed by atoms with Crippen LogP contribution in [0.25, 0.3) is 0 Å². The van der Waals surface area contributed by atoms with Crippen molar-refractivity contribution in [3.8, 4) is 0 Å². The molecule has 0 aromatic rings. The summed E-state index contributed by atoms with van der Waals surface area (Å²) in [4.78, 5) is 0. The Labute approximate surface area is 151 Å². The van der Waals surface area contributed by atoms with Crippen LogP contribution in [-0.4, -0.2) is 46.5 Å². The van der Waals surface area contributed by atoms with Crippen molar-refractivity contribution in [1.82, 2.24) is 0 Å². The average molecular weight is 423 g/mol. The molecule has 1 heterocycles. The summed E-state index contributed by atoms with van der Waals surface area (Å²) in [6, 6.07) is 1.50. The van der Waals surface area contributed by atoms with E-state index in [9.17, 15) is 0 Å². The second-order valence-electron chi connectivity index (χ2n) is 11.4. The van der Waals surface area contributed by atoms with Crippen LogP contribution in [0.1, 0.15) is 6.92 Å². The van der Waals surface area contributed by atoms with Crippen molar-refractivity contribution in [2.75, 3.05) is 0 Å². The first-order chi connectivity index (χ1) is 9.79. The quantitative estimate of drug-likeness (QED) is 0.525. The van der Waals surface area contributed by atoms with Crippen molar-refractivity contribution in [3.05, 3.63) is 0 Å². The van der Waals surface area contributed by atoms with Gasteiger partial charge in [0, 0.05) is 7.59 Å². The smallest absolute Gasteiger partial charge is 0.273 e. The molecule has 0 aliphatic carbocycles. The van der Waals surface area contributed by atoms with Crippen LogP contribution in [0.15, 0.2) is 0 Å². The maximum absolute atomic E-state index is 7.33. The Kier molecular flexibility index (Phi) is 5.94. The van der Waals surface area contributed by atoms with Crippen molar-refractivity contribution in [2.24, 2.45) is 0 Å². The lowest BCUT2D eigenvalue weighted by Crippen LogP contribution is -2.90. The van der Waals surface area contributed by atoms with Gasteiger partial charge in [-0.15, -0.1) is 0 Å². The van der Waals surface area contributed by atoms with E-state index in [4.69, 9.17) is 8.23 Å². The highest BCUT2D eigenvalue weighted by Crippen LogP contribution is 2.52. The summed E-state index contributed by atoms with van der Waals surface area (Å²) in [5.74, 6) is 0. The van der Waals surface area contributed by atoms with E-state index < -0.39 is 46.5 Å². The first kappa shape index (κ1) is 22.3. The molecule has 2 nitrogen and oxygen atoms in total. The van der Waals surface area contributed by atoms with E-state index in [1.165, 1.54) is 6.04 Å². The fourth-order valence-electron chi connectivity index (χ4n) is 4.25. The number of hydrogen-bond acceptors (Lipinski definition) is 2. The van der Waals surface area contributed by atoms with Gasteiger partial charge in [-0.1, -0.05) is 52.2 Å². The van der Waals surface area contributed by atoms with E-state index >= 15 is 0 Å². The highest BCUT2D eigenvalue weighted by molar-refractivity contribution is 7.82. The Bertz CT molecular complexity index is 432. The van der Waals surface area contributed by atoms with Crippen LogP contribution in [0.4, 0.5) is 0 Å². The minimum Gasteiger partial charge on any atom is -0.441 e. The van der Waals surface area contributed by atoms with Gasteiger partial charge >= 0.3 is 0 Å². The van der Waals surface area contributed by atoms with Gasteiger partial charge < -0.3 is 8.23 Å². The Morgan fingerprint density at radius 3 is 1.39 bits per heavy atom. The zero-order valence-corrected chi connectivity index (χ0v) is 24.1. The van der Waals surface area contributed by atoms with E-state index in [0.29, 0.717) is 0 Å². The molecule has 138 valence electrons. The molecular formula is C15H42O2Si6. The molecule has 1 saturated heterocycles. The summed E-state index contributed by atoms with van der Waals surface area (Å²) in [6.45, 7) is 32.8. The van der Waals surface area contributed by atoms with Crippen LogP contribution in [-0.2, 0) is 8.23 Å². The van der Waals surface area contributed by atoms with Crippen LogP contribution in [0.3, 0.4) is 0 Å². The Balaban J connectivity index is 3.69. The summed E-state index contributed by atoms with van der Waals surface area (Å²) < 4.78 is 14.7. The molecule has 0 aromatic heterocycles. The SMILES string of the molecule is CC1C[Si](C)(C)[Si](C)(C)[Si](O[Si](C)(C)C)(O[Si](C)(C)C)[Si]1(C)C. The summed E-state index contributed by atoms with van der Waals surface area (Å²) in [7, 11) is -9.78. The zero-order valence-electron chi connectivity index (χ0n) is 18.1. The predicted molar refractivity (Wildman–Crippen MR) is 121 cm³/mol. The van der Waals surface area contributed by atoms with Crippen molar-refractivity contribution in [1.29, 1.82) is 0 Å². The second-order valence-corrected chi connectivity index (χ2v) is 56.9. The van der Waals surface area contributed by atoms with Gasteiger partial charge in [0.25, 0.3) is 7.60 Å². The fraction of sp³-hybridized carbons (Fsp3) is 1.00. The van der Waals surface area contributed by atoms with Crippen LogP contribution >= 0.6 is 0 Å². The van der Waals surface area contributed by atoms with E-state index in [0.717, 1.165) is 5.54 Å². The predicted octanol–water partition coefficient (Wildman–Crippen LogP) is 5.90. The lowest BCUT2D eigenvalue weighted by Gasteiger charge is -2.65. The van der Waals surface area contributed by atoms with Gasteiger partial charge in [-0.3, -0.25) is 0 Å². The largest absolute Gasteiger partial charge is 0.441 e. The molecule has 8 heteroatoms. The van der Waals surface area contributed by atoms with Gasteiger partial charge in [-0.05, 0) is 44.8 Å². The van der Waals surface area contributed by atoms with Gasteiger partial charge in [0.2, 0.25) is 0 Å². The molecule has 0 bridgehead atoms. The van der Waals surface area contributed by atoms with Crippen LogP contribution in [0, 0.1) is 0 Å². The van der Waals surface area contributed by atoms with E-state index in [1.54, 1.807) is 0 Å². The molecule has 1 rings (SSSR count). The lowest BCUT2D eigenvalue weighted by atomic mass is 10.6. The zero-order chi connectivity index (χ0) is 18.7. The Morgan fingerprint density at radius 2 is 1.09 bits per heavy atom. The standard InChI is InChI=1S/C15H42O2Si6/c1-15-14-20(8,9)22(12,13)23(21(15,10)11,16-18(2,3)4)17-19(5,6)7/h15H,14H2,1-13H3. The van der Waals surface area contributed by atoms with E-state index in [2.05, 4.69) is 85.5 Å². The molecular weight excluding hydrogens is 381 g/mol. The molecule has 1 fully saturated rings. The first-order valence-electron chi connectivity index (χ1n) is 9.19. The van der Waals surface area contributed by atoms with Gasteiger partial charge in [-0.25, -0.2) is 0 Å². The van der Waals surface area contributed by atoms with E-state index in [-0.39, 0.29) is 0 Å². The van der Waals surface area contributed by atoms with Crippen LogP contribution in [0.5, 0.6) is 0 Å². The summed E-state index contributed by atoms with van der Waals surface area (Å²) >= 11 is 0. The molecule has 0 radical (unpaired) electrons. The molecule has 0 aromatic carbocycles. The topological polar surface area (TPSA) is 18.5 Å². The molecule has 0 spiro atoms.